The molecule has 19 heavy (non-hydrogen) atoms. The molecule has 0 radical (unpaired) electrons. The molecule has 0 aliphatic heterocycles. The molecule has 0 unspecified atom stereocenters. The lowest BCUT2D eigenvalue weighted by Gasteiger charge is -2.17. The molecule has 1 aliphatic rings. The number of fused-ring (bicyclic) bond motifs is 1. The Bertz CT molecular complexity index is 435. The van der Waals surface area contributed by atoms with Gasteiger partial charge in [-0.3, -0.25) is 4.79 Å². The van der Waals surface area contributed by atoms with Gasteiger partial charge in [0.05, 0.1) is 25.4 Å². The summed E-state index contributed by atoms with van der Waals surface area (Å²) in [6.07, 6.45) is 0.00591. The largest absolute Gasteiger partial charge is 0.390 e. The van der Waals surface area contributed by atoms with E-state index in [4.69, 9.17) is 9.47 Å². The average molecular weight is 265 g/mol. The summed E-state index contributed by atoms with van der Waals surface area (Å²) < 4.78 is 9.97. The van der Waals surface area contributed by atoms with Gasteiger partial charge in [-0.25, -0.2) is 0 Å². The molecular weight excluding hydrogens is 246 g/mol. The number of aliphatic hydroxyl groups excluding tert-OH is 1. The Morgan fingerprint density at radius 3 is 3.00 bits per heavy atom. The van der Waals surface area contributed by atoms with Gasteiger partial charge in [0.15, 0.2) is 0 Å². The van der Waals surface area contributed by atoms with E-state index in [1.54, 1.807) is 7.11 Å². The van der Waals surface area contributed by atoms with Gasteiger partial charge in [-0.15, -0.1) is 0 Å². The van der Waals surface area contributed by atoms with Gasteiger partial charge in [0.25, 0.3) is 0 Å². The molecule has 0 heterocycles. The van der Waals surface area contributed by atoms with E-state index < -0.39 is 6.10 Å². The van der Waals surface area contributed by atoms with Crippen molar-refractivity contribution in [2.24, 2.45) is 0 Å². The van der Waals surface area contributed by atoms with Crippen molar-refractivity contribution in [2.75, 3.05) is 26.9 Å². The van der Waals surface area contributed by atoms with Crippen molar-refractivity contribution in [3.8, 4) is 0 Å². The van der Waals surface area contributed by atoms with Gasteiger partial charge in [-0.1, -0.05) is 24.3 Å². The first-order chi connectivity index (χ1) is 9.22. The van der Waals surface area contributed by atoms with Crippen LogP contribution in [0.15, 0.2) is 24.3 Å². The lowest BCUT2D eigenvalue weighted by atomic mass is 10.1. The zero-order valence-corrected chi connectivity index (χ0v) is 11.0. The topological polar surface area (TPSA) is 67.8 Å². The lowest BCUT2D eigenvalue weighted by Crippen LogP contribution is -2.36. The number of hydrogen-bond donors (Lipinski definition) is 2. The first-order valence-electron chi connectivity index (χ1n) is 6.34. The molecule has 1 aromatic rings. The molecule has 1 aliphatic carbocycles. The number of nitrogens with one attached hydrogen (secondary N) is 1. The van der Waals surface area contributed by atoms with Crippen molar-refractivity contribution in [1.29, 1.82) is 0 Å². The second-order valence-corrected chi connectivity index (χ2v) is 4.56. The third-order valence-electron chi connectivity index (χ3n) is 3.19. The SMILES string of the molecule is COCCOCC(=O)N[C@@H]1c2ccccc2C[C@@H]1O. The summed E-state index contributed by atoms with van der Waals surface area (Å²) in [6.45, 7) is 0.824. The van der Waals surface area contributed by atoms with Crippen LogP contribution >= 0.6 is 0 Å². The van der Waals surface area contributed by atoms with Gasteiger partial charge in [-0.05, 0) is 11.1 Å². The number of methoxy groups -OCH3 is 1. The number of ether oxygens (including phenoxy) is 2. The summed E-state index contributed by atoms with van der Waals surface area (Å²) in [7, 11) is 1.58. The maximum absolute atomic E-state index is 11.7. The number of benzene rings is 1. The fourth-order valence-corrected chi connectivity index (χ4v) is 2.27. The van der Waals surface area contributed by atoms with Gasteiger partial charge in [0, 0.05) is 13.5 Å². The minimum atomic E-state index is -0.569. The zero-order chi connectivity index (χ0) is 13.7. The van der Waals surface area contributed by atoms with E-state index in [-0.39, 0.29) is 18.6 Å². The zero-order valence-electron chi connectivity index (χ0n) is 11.0. The molecule has 0 saturated carbocycles. The molecule has 2 rings (SSSR count). The Balaban J connectivity index is 1.87. The monoisotopic (exact) mass is 265 g/mol. The summed E-state index contributed by atoms with van der Waals surface area (Å²) in [5.74, 6) is -0.225. The molecule has 2 N–H and O–H groups in total. The third-order valence-corrected chi connectivity index (χ3v) is 3.19. The number of aliphatic hydroxyl groups is 1. The van der Waals surface area contributed by atoms with E-state index in [9.17, 15) is 9.90 Å². The highest BCUT2D eigenvalue weighted by Crippen LogP contribution is 2.30. The van der Waals surface area contributed by atoms with E-state index in [1.807, 2.05) is 24.3 Å². The Hall–Kier alpha value is -1.43. The Kier molecular flexibility index (Phi) is 4.90. The Labute approximate surface area is 112 Å². The van der Waals surface area contributed by atoms with Gasteiger partial charge >= 0.3 is 0 Å². The minimum absolute atomic E-state index is 0.0191. The summed E-state index contributed by atoms with van der Waals surface area (Å²) in [4.78, 5) is 11.7. The van der Waals surface area contributed by atoms with Crippen molar-refractivity contribution in [3.63, 3.8) is 0 Å². The van der Waals surface area contributed by atoms with Crippen LogP contribution in [0.1, 0.15) is 17.2 Å². The fourth-order valence-electron chi connectivity index (χ4n) is 2.27. The van der Waals surface area contributed by atoms with Crippen LogP contribution < -0.4 is 5.32 Å². The standard InChI is InChI=1S/C14H19NO4/c1-18-6-7-19-9-13(17)15-14-11-5-3-2-4-10(11)8-12(14)16/h2-5,12,14,16H,6-9H2,1H3,(H,15,17)/t12-,14+/m0/s1. The second kappa shape index (κ2) is 6.65. The number of amides is 1. The molecule has 104 valence electrons. The Morgan fingerprint density at radius 2 is 2.21 bits per heavy atom. The van der Waals surface area contributed by atoms with Crippen molar-refractivity contribution in [2.45, 2.75) is 18.6 Å². The van der Waals surface area contributed by atoms with Crippen LogP contribution in [0, 0.1) is 0 Å². The summed E-state index contributed by atoms with van der Waals surface area (Å²) in [5.41, 5.74) is 2.07. The first-order valence-corrected chi connectivity index (χ1v) is 6.34. The molecule has 2 atom stereocenters. The van der Waals surface area contributed by atoms with Crippen LogP contribution in [0.2, 0.25) is 0 Å². The van der Waals surface area contributed by atoms with Crippen molar-refractivity contribution >= 4 is 5.91 Å². The van der Waals surface area contributed by atoms with Crippen molar-refractivity contribution in [3.05, 3.63) is 35.4 Å². The highest BCUT2D eigenvalue weighted by molar-refractivity contribution is 5.78. The highest BCUT2D eigenvalue weighted by Gasteiger charge is 2.31. The molecule has 1 amide bonds. The van der Waals surface area contributed by atoms with E-state index >= 15 is 0 Å². The summed E-state index contributed by atoms with van der Waals surface area (Å²) in [5, 5.41) is 12.8. The van der Waals surface area contributed by atoms with Crippen LogP contribution in [0.5, 0.6) is 0 Å². The fraction of sp³-hybridized carbons (Fsp3) is 0.500. The van der Waals surface area contributed by atoms with E-state index in [2.05, 4.69) is 5.32 Å². The van der Waals surface area contributed by atoms with Gasteiger partial charge in [-0.2, -0.15) is 0 Å². The van der Waals surface area contributed by atoms with E-state index in [0.29, 0.717) is 19.6 Å². The first kappa shape index (κ1) is 14.0. The second-order valence-electron chi connectivity index (χ2n) is 4.56. The third kappa shape index (κ3) is 3.53. The van der Waals surface area contributed by atoms with Crippen LogP contribution in [0.4, 0.5) is 0 Å². The van der Waals surface area contributed by atoms with Crippen LogP contribution in [0.3, 0.4) is 0 Å². The van der Waals surface area contributed by atoms with Crippen molar-refractivity contribution < 1.29 is 19.4 Å². The maximum atomic E-state index is 11.7. The highest BCUT2D eigenvalue weighted by atomic mass is 16.5. The molecule has 5 heteroatoms. The Morgan fingerprint density at radius 1 is 1.42 bits per heavy atom. The van der Waals surface area contributed by atoms with Crippen molar-refractivity contribution in [1.82, 2.24) is 5.32 Å². The predicted octanol–water partition coefficient (Wildman–Crippen LogP) is 0.424. The number of carbonyl (C=O) groups is 1. The minimum Gasteiger partial charge on any atom is -0.390 e. The molecule has 0 spiro atoms. The van der Waals surface area contributed by atoms with E-state index in [0.717, 1.165) is 11.1 Å². The molecular formula is C14H19NO4. The van der Waals surface area contributed by atoms with Gasteiger partial charge in [0.1, 0.15) is 6.61 Å². The van der Waals surface area contributed by atoms with Gasteiger partial charge < -0.3 is 19.9 Å². The molecule has 0 fully saturated rings. The maximum Gasteiger partial charge on any atom is 0.246 e. The predicted molar refractivity (Wildman–Crippen MR) is 69.7 cm³/mol. The average Bonchev–Trinajstić information content (AvgIpc) is 2.72. The summed E-state index contributed by atoms with van der Waals surface area (Å²) >= 11 is 0. The molecule has 0 saturated heterocycles. The smallest absolute Gasteiger partial charge is 0.246 e. The van der Waals surface area contributed by atoms with Crippen LogP contribution in [0.25, 0.3) is 0 Å². The lowest BCUT2D eigenvalue weighted by molar-refractivity contribution is -0.127. The van der Waals surface area contributed by atoms with Crippen LogP contribution in [-0.4, -0.2) is 44.0 Å². The molecule has 0 aromatic heterocycles. The quantitative estimate of drug-likeness (QED) is 0.732. The van der Waals surface area contributed by atoms with Crippen LogP contribution in [-0.2, 0) is 20.7 Å². The number of carbonyl (C=O) groups excluding carboxylic acids is 1. The van der Waals surface area contributed by atoms with E-state index in [1.165, 1.54) is 0 Å². The molecule has 5 nitrogen and oxygen atoms in total. The molecule has 0 bridgehead atoms. The summed E-state index contributed by atoms with van der Waals surface area (Å²) in [6, 6.07) is 7.41. The number of hydrogen-bond acceptors (Lipinski definition) is 4. The normalized spacial score (nSPS) is 21.2. The van der Waals surface area contributed by atoms with Gasteiger partial charge in [0.2, 0.25) is 5.91 Å². The molecule has 1 aromatic carbocycles. The number of rotatable bonds is 6.